The van der Waals surface area contributed by atoms with E-state index in [1.54, 1.807) is 0 Å². The van der Waals surface area contributed by atoms with Gasteiger partial charge in [-0.1, -0.05) is 148 Å². The second kappa shape index (κ2) is 28.8. The highest BCUT2D eigenvalue weighted by molar-refractivity contribution is 8.00. The Bertz CT molecular complexity index is 1770. The molecule has 0 saturated heterocycles. The van der Waals surface area contributed by atoms with Gasteiger partial charge in [0.2, 0.25) is 0 Å². The number of thioether (sulfide) groups is 2. The summed E-state index contributed by atoms with van der Waals surface area (Å²) in [7, 11) is 0. The highest BCUT2D eigenvalue weighted by atomic mass is 32.2. The summed E-state index contributed by atoms with van der Waals surface area (Å²) in [6.45, 7) is 19.5. The molecule has 0 aliphatic heterocycles. The van der Waals surface area contributed by atoms with Crippen molar-refractivity contribution in [2.75, 3.05) is 6.61 Å². The Kier molecular flexibility index (Phi) is 24.2. The van der Waals surface area contributed by atoms with Gasteiger partial charge >= 0.3 is 0 Å². The summed E-state index contributed by atoms with van der Waals surface area (Å²) in [6, 6.07) is 32.2. The van der Waals surface area contributed by atoms with E-state index in [1.165, 1.54) is 54.4 Å². The number of ether oxygens (including phenoxy) is 1. The fourth-order valence-electron chi connectivity index (χ4n) is 6.60. The topological polar surface area (TPSA) is 9.23 Å². The molecule has 1 nitrogen and oxygen atoms in total. The summed E-state index contributed by atoms with van der Waals surface area (Å²) in [5, 5.41) is 0.837. The third-order valence-electron chi connectivity index (χ3n) is 9.90. The Morgan fingerprint density at radius 1 is 0.456 bits per heavy atom. The van der Waals surface area contributed by atoms with E-state index in [1.807, 2.05) is 29.6 Å². The van der Waals surface area contributed by atoms with Crippen LogP contribution in [0.25, 0.3) is 0 Å². The first-order valence-electron chi connectivity index (χ1n) is 21.2. The maximum atomic E-state index is 5.88. The van der Waals surface area contributed by atoms with Crippen LogP contribution in [0.2, 0.25) is 0 Å². The van der Waals surface area contributed by atoms with Crippen molar-refractivity contribution in [3.63, 3.8) is 0 Å². The molecule has 0 aliphatic carbocycles. The van der Waals surface area contributed by atoms with Crippen molar-refractivity contribution < 1.29 is 4.74 Å². The molecule has 2 unspecified atom stereocenters. The SMILES string of the molecule is CC(C)=CCC/C(C)=C/CC/C(C)=C/C(C/C(C)=C/CC/C(C)=C/C(C/C(C)=C/CC/C(C)=C/COCc1ccccc1)Sc1ccccc1)Sc1ccccc1. The minimum Gasteiger partial charge on any atom is -0.373 e. The molecule has 57 heavy (non-hydrogen) atoms. The number of rotatable bonds is 26. The van der Waals surface area contributed by atoms with E-state index in [0.717, 1.165) is 64.2 Å². The van der Waals surface area contributed by atoms with Gasteiger partial charge < -0.3 is 4.74 Å². The van der Waals surface area contributed by atoms with Crippen LogP contribution < -0.4 is 0 Å². The summed E-state index contributed by atoms with van der Waals surface area (Å²) < 4.78 is 5.88. The van der Waals surface area contributed by atoms with Crippen molar-refractivity contribution in [1.29, 1.82) is 0 Å². The second-order valence-corrected chi connectivity index (χ2v) is 18.6. The molecule has 3 aromatic rings. The zero-order chi connectivity index (χ0) is 41.1. The Balaban J connectivity index is 1.57. The van der Waals surface area contributed by atoms with Gasteiger partial charge in [0.15, 0.2) is 0 Å². The minimum absolute atomic E-state index is 0.410. The van der Waals surface area contributed by atoms with Gasteiger partial charge in [-0.15, -0.1) is 23.5 Å². The van der Waals surface area contributed by atoms with Gasteiger partial charge in [-0.3, -0.25) is 0 Å². The van der Waals surface area contributed by atoms with Crippen LogP contribution in [0, 0.1) is 0 Å². The molecule has 3 rings (SSSR count). The van der Waals surface area contributed by atoms with Crippen molar-refractivity contribution in [2.24, 2.45) is 0 Å². The maximum Gasteiger partial charge on any atom is 0.0721 e. The standard InChI is InChI=1S/C54H72OS2/c1-43(2)22-18-23-44(3)24-19-26-46(5)38-53(56-51-32-14-10-15-33-51)40-48(7)28-21-29-49(8)41-54(57-52-34-16-11-17-35-52)39-47(6)27-20-25-45(4)36-37-55-42-50-30-12-9-13-31-50/h9-17,22,24,27-28,30-36,38,41,53-54H,18-21,23,25-26,29,37,39-40,42H2,1-8H3/b44-24+,45-36+,46-38+,47-27+,48-28+,49-41+. The van der Waals surface area contributed by atoms with Crippen molar-refractivity contribution in [2.45, 2.75) is 146 Å². The molecule has 0 aliphatic rings. The smallest absolute Gasteiger partial charge is 0.0721 e. The predicted octanol–water partition coefficient (Wildman–Crippen LogP) is 17.1. The van der Waals surface area contributed by atoms with Gasteiger partial charge in [-0.2, -0.15) is 0 Å². The van der Waals surface area contributed by atoms with Crippen molar-refractivity contribution in [1.82, 2.24) is 0 Å². The van der Waals surface area contributed by atoms with E-state index in [0.29, 0.717) is 23.7 Å². The normalized spacial score (nSPS) is 14.5. The van der Waals surface area contributed by atoms with Crippen LogP contribution in [0.1, 0.15) is 125 Å². The lowest BCUT2D eigenvalue weighted by Crippen LogP contribution is -2.02. The number of hydrogen-bond acceptors (Lipinski definition) is 3. The summed E-state index contributed by atoms with van der Waals surface area (Å²) in [6.07, 6.45) is 28.0. The van der Waals surface area contributed by atoms with Gasteiger partial charge in [0.05, 0.1) is 13.2 Å². The van der Waals surface area contributed by atoms with Gasteiger partial charge in [-0.05, 0) is 149 Å². The van der Waals surface area contributed by atoms with E-state index in [2.05, 4.69) is 183 Å². The number of allylic oxidation sites excluding steroid dienone is 11. The Hall–Kier alpha value is -3.50. The van der Waals surface area contributed by atoms with Crippen LogP contribution in [-0.2, 0) is 11.3 Å². The highest BCUT2D eigenvalue weighted by Crippen LogP contribution is 2.32. The minimum atomic E-state index is 0.410. The van der Waals surface area contributed by atoms with Crippen LogP contribution >= 0.6 is 23.5 Å². The van der Waals surface area contributed by atoms with Crippen LogP contribution in [0.4, 0.5) is 0 Å². The molecule has 2 atom stereocenters. The van der Waals surface area contributed by atoms with Crippen LogP contribution in [-0.4, -0.2) is 17.1 Å². The monoisotopic (exact) mass is 801 g/mol. The van der Waals surface area contributed by atoms with E-state index in [-0.39, 0.29) is 0 Å². The van der Waals surface area contributed by atoms with Gasteiger partial charge in [0.1, 0.15) is 0 Å². The van der Waals surface area contributed by atoms with Crippen molar-refractivity contribution >= 4 is 23.5 Å². The molecule has 3 heteroatoms. The molecule has 0 spiro atoms. The lowest BCUT2D eigenvalue weighted by Gasteiger charge is -2.16. The highest BCUT2D eigenvalue weighted by Gasteiger charge is 2.12. The first kappa shape index (κ1) is 47.9. The number of hydrogen-bond donors (Lipinski definition) is 0. The first-order valence-corrected chi connectivity index (χ1v) is 23.0. The predicted molar refractivity (Wildman–Crippen MR) is 256 cm³/mol. The maximum absolute atomic E-state index is 5.88. The zero-order valence-corrected chi connectivity index (χ0v) is 38.2. The molecule has 0 radical (unpaired) electrons. The molecule has 0 fully saturated rings. The van der Waals surface area contributed by atoms with Crippen molar-refractivity contribution in [3.05, 3.63) is 178 Å². The fourth-order valence-corrected chi connectivity index (χ4v) is 9.22. The van der Waals surface area contributed by atoms with Gasteiger partial charge in [0.25, 0.3) is 0 Å². The Morgan fingerprint density at radius 3 is 1.30 bits per heavy atom. The number of benzene rings is 3. The molecule has 0 aromatic heterocycles. The lowest BCUT2D eigenvalue weighted by atomic mass is 10.0. The van der Waals surface area contributed by atoms with Crippen LogP contribution in [0.15, 0.2) is 182 Å². The van der Waals surface area contributed by atoms with Crippen molar-refractivity contribution in [3.8, 4) is 0 Å². The average Bonchev–Trinajstić information content (AvgIpc) is 3.17. The fraction of sp³-hybridized carbons (Fsp3) is 0.407. The van der Waals surface area contributed by atoms with E-state index >= 15 is 0 Å². The summed E-state index contributed by atoms with van der Waals surface area (Å²) in [5.41, 5.74) is 11.4. The molecule has 0 bridgehead atoms. The molecular formula is C54H72OS2. The van der Waals surface area contributed by atoms with Crippen LogP contribution in [0.3, 0.4) is 0 Å². The molecular weight excluding hydrogens is 729 g/mol. The largest absolute Gasteiger partial charge is 0.373 e. The van der Waals surface area contributed by atoms with E-state index in [9.17, 15) is 0 Å². The van der Waals surface area contributed by atoms with Crippen LogP contribution in [0.5, 0.6) is 0 Å². The zero-order valence-electron chi connectivity index (χ0n) is 36.6. The first-order chi connectivity index (χ1) is 27.5. The second-order valence-electron chi connectivity index (χ2n) is 16.0. The third kappa shape index (κ3) is 23.5. The van der Waals surface area contributed by atoms with Gasteiger partial charge in [0, 0.05) is 20.3 Å². The lowest BCUT2D eigenvalue weighted by molar-refractivity contribution is 0.148. The summed E-state index contributed by atoms with van der Waals surface area (Å²) in [4.78, 5) is 2.68. The Morgan fingerprint density at radius 2 is 0.842 bits per heavy atom. The third-order valence-corrected chi connectivity index (χ3v) is 12.2. The van der Waals surface area contributed by atoms with E-state index in [4.69, 9.17) is 4.74 Å². The molecule has 306 valence electrons. The van der Waals surface area contributed by atoms with Gasteiger partial charge in [-0.25, -0.2) is 0 Å². The summed E-state index contributed by atoms with van der Waals surface area (Å²) >= 11 is 3.98. The average molecular weight is 801 g/mol. The molecule has 0 saturated carbocycles. The summed E-state index contributed by atoms with van der Waals surface area (Å²) in [5.74, 6) is 0. The Labute approximate surface area is 357 Å². The molecule has 0 amide bonds. The quantitative estimate of drug-likeness (QED) is 0.0455. The molecule has 0 heterocycles. The molecule has 0 N–H and O–H groups in total. The van der Waals surface area contributed by atoms with E-state index < -0.39 is 0 Å². The molecule has 3 aromatic carbocycles.